The number of methoxy groups -OCH3 is 1. The Kier molecular flexibility index (Phi) is 39.3. The molecule has 1 saturated carbocycles. The van der Waals surface area contributed by atoms with Crippen LogP contribution in [-0.2, 0) is 27.3 Å². The van der Waals surface area contributed by atoms with Crippen LogP contribution in [0.5, 0.6) is 11.6 Å². The number of anilines is 1. The molecule has 2 heterocycles. The molecule has 0 radical (unpaired) electrons. The van der Waals surface area contributed by atoms with Crippen LogP contribution in [0.25, 0.3) is 12.2 Å². The Hall–Kier alpha value is -8.27. The number of ether oxygens (including phenoxy) is 2. The van der Waals surface area contributed by atoms with Crippen LogP contribution in [0.15, 0.2) is 213 Å². The molecule has 1 aliphatic carbocycles. The molecule has 6 aromatic carbocycles. The quantitative estimate of drug-likeness (QED) is 0.0167. The Morgan fingerprint density at radius 3 is 1.91 bits per heavy atom. The number of unbranched alkanes of at least 4 members (excludes halogenated alkanes) is 3. The molecule has 16 nitrogen and oxygen atoms in total. The van der Waals surface area contributed by atoms with Gasteiger partial charge >= 0.3 is 0 Å². The molecule has 4 N–H and O–H groups in total. The number of carbonyl (C=O) groups excluding carboxylic acids is 4. The highest BCUT2D eigenvalue weighted by molar-refractivity contribution is 7.99. The predicted molar refractivity (Wildman–Crippen MR) is 441 cm³/mol. The molecule has 2 aromatic heterocycles. The van der Waals surface area contributed by atoms with E-state index in [1.165, 1.54) is 36.3 Å². The zero-order valence-electron chi connectivity index (χ0n) is 64.7. The van der Waals surface area contributed by atoms with Gasteiger partial charge in [-0.15, -0.1) is 16.9 Å². The maximum atomic E-state index is 12.9. The van der Waals surface area contributed by atoms with E-state index in [1.807, 2.05) is 86.9 Å². The van der Waals surface area contributed by atoms with Gasteiger partial charge in [0.2, 0.25) is 17.7 Å². The zero-order valence-corrected chi connectivity index (χ0v) is 67.1. The zero-order chi connectivity index (χ0) is 76.5. The molecule has 1 fully saturated rings. The molecular formula is C87H115N9O7S3. The van der Waals surface area contributed by atoms with E-state index in [9.17, 15) is 24.3 Å². The fraction of sp³-hybridized carbons (Fsp3) is 0.402. The third kappa shape index (κ3) is 35.9. The van der Waals surface area contributed by atoms with Gasteiger partial charge in [-0.05, 0) is 234 Å². The Morgan fingerprint density at radius 1 is 0.651 bits per heavy atom. The minimum Gasteiger partial charge on any atom is -0.497 e. The van der Waals surface area contributed by atoms with E-state index < -0.39 is 0 Å². The largest absolute Gasteiger partial charge is 0.497 e. The van der Waals surface area contributed by atoms with Crippen LogP contribution in [0, 0.1) is 19.3 Å². The molecule has 0 aliphatic heterocycles. The number of hydrogen-bond donors (Lipinski definition) is 4. The summed E-state index contributed by atoms with van der Waals surface area (Å²) in [4.78, 5) is 65.0. The fourth-order valence-corrected chi connectivity index (χ4v) is 13.8. The van der Waals surface area contributed by atoms with Gasteiger partial charge in [0.15, 0.2) is 5.78 Å². The topological polar surface area (TPSA) is 183 Å². The smallest absolute Gasteiger partial charge is 0.274 e. The van der Waals surface area contributed by atoms with Gasteiger partial charge in [0, 0.05) is 86.9 Å². The second-order valence-electron chi connectivity index (χ2n) is 28.6. The van der Waals surface area contributed by atoms with Gasteiger partial charge in [-0.25, -0.2) is 4.98 Å². The van der Waals surface area contributed by atoms with Crippen molar-refractivity contribution in [2.75, 3.05) is 93.3 Å². The predicted octanol–water partition coefficient (Wildman–Crippen LogP) is 17.6. The number of carbonyl (C=O) groups is 4. The van der Waals surface area contributed by atoms with Crippen LogP contribution in [-0.4, -0.2) is 158 Å². The van der Waals surface area contributed by atoms with Gasteiger partial charge in [0.25, 0.3) is 5.91 Å². The summed E-state index contributed by atoms with van der Waals surface area (Å²) in [6.07, 6.45) is 20.2. The summed E-state index contributed by atoms with van der Waals surface area (Å²) < 4.78 is 12.6. The molecule has 3 amide bonds. The number of nitrogens with one attached hydrogen (secondary N) is 3. The second-order valence-corrected chi connectivity index (χ2v) is 31.7. The highest BCUT2D eigenvalue weighted by Crippen LogP contribution is 2.34. The molecule has 0 spiro atoms. The summed E-state index contributed by atoms with van der Waals surface area (Å²) >= 11 is 5.21. The maximum absolute atomic E-state index is 12.9. The van der Waals surface area contributed by atoms with Crippen LogP contribution in [0.2, 0.25) is 0 Å². The lowest BCUT2D eigenvalue weighted by molar-refractivity contribution is -0.121. The lowest BCUT2D eigenvalue weighted by atomic mass is 9.93. The van der Waals surface area contributed by atoms with E-state index in [1.54, 1.807) is 95.8 Å². The lowest BCUT2D eigenvalue weighted by Gasteiger charge is -2.26. The Morgan fingerprint density at radius 2 is 1.25 bits per heavy atom. The minimum absolute atomic E-state index is 0.0783. The summed E-state index contributed by atoms with van der Waals surface area (Å²) in [6, 6.07) is 56.4. The summed E-state index contributed by atoms with van der Waals surface area (Å²) in [7, 11) is 14.0. The molecule has 8 aromatic rings. The van der Waals surface area contributed by atoms with E-state index >= 15 is 0 Å². The van der Waals surface area contributed by atoms with Crippen molar-refractivity contribution >= 4 is 76.6 Å². The Balaban J connectivity index is 0.000000222. The third-order valence-corrected chi connectivity index (χ3v) is 20.6. The fourth-order valence-electron chi connectivity index (χ4n) is 10.9. The Labute approximate surface area is 645 Å². The first-order chi connectivity index (χ1) is 51.0. The lowest BCUT2D eigenvalue weighted by Crippen LogP contribution is -2.38. The summed E-state index contributed by atoms with van der Waals surface area (Å²) in [6.45, 7) is 15.7. The maximum Gasteiger partial charge on any atom is 0.274 e. The van der Waals surface area contributed by atoms with Crippen LogP contribution in [0.3, 0.4) is 0 Å². The summed E-state index contributed by atoms with van der Waals surface area (Å²) in [5.41, 5.74) is 8.23. The molecule has 2 unspecified atom stereocenters. The second kappa shape index (κ2) is 48.1. The van der Waals surface area contributed by atoms with Crippen molar-refractivity contribution in [1.29, 1.82) is 0 Å². The van der Waals surface area contributed by atoms with Crippen LogP contribution >= 0.6 is 35.3 Å². The molecular weight excluding hydrogens is 1380 g/mol. The van der Waals surface area contributed by atoms with Crippen LogP contribution < -0.4 is 25.4 Å². The SMILES string of the molecule is CC(C)(C)CSc1ncccc1/C=C/C(=O)NC1CCCC(O)C1.COc1ccc(NC(=O)c2cc(OCCCN(C)C)nn2Cc2ccccc2)cc1.Cc1ccc(Sc2ccccc2/C=C\C(=O)CCCCCN(C)C)cc1.Cc1ccc(Sc2ccccc2CCC(=O)NCCCCN(C)C)cc1. The molecule has 0 saturated heterocycles. The van der Waals surface area contributed by atoms with E-state index in [2.05, 4.69) is 182 Å². The molecule has 19 heteroatoms. The van der Waals surface area contributed by atoms with Gasteiger partial charge in [-0.3, -0.25) is 23.9 Å². The average Bonchev–Trinajstić information content (AvgIpc) is 1.66. The number of amides is 3. The van der Waals surface area contributed by atoms with Gasteiger partial charge in [0.05, 0.1) is 26.4 Å². The number of aliphatic hydroxyl groups excluding tert-OH is 1. The monoisotopic (exact) mass is 1490 g/mol. The number of allylic oxidation sites excluding steroid dienone is 1. The van der Waals surface area contributed by atoms with E-state index in [-0.39, 0.29) is 41.1 Å². The highest BCUT2D eigenvalue weighted by Gasteiger charge is 2.22. The standard InChI is InChI=1S/C23H28N4O3.C23H29NOS.C22H30N2OS.C19H28N2O2S/c1-26(2)14-7-15-30-22-16-21(27(25-22)17-18-8-5-4-6-9-18)23(28)24-19-10-12-20(29-3)13-11-19;1-19-12-16-22(17-13-19)26-23-11-7-6-9-20(23)14-15-21(25)10-5-4-8-18-24(2)3;1-18-10-13-20(14-11-18)26-21-9-5-4-8-19(21)12-15-22(25)23-16-6-7-17-24(2)3;1-19(2,3)13-24-18-14(6-5-11-20-18)9-10-17(23)21-15-7-4-8-16(22)12-15/h4-6,8-13,16H,7,14-15,17H2,1-3H3,(H,24,28);6-7,9,11-17H,4-5,8,10,18H2,1-3H3;4-5,8-11,13-14H,6-7,12,15-17H2,1-3H3,(H,23,25);5-6,9-11,15-16,22H,4,7-8,12-13H2,1-3H3,(H,21,23)/b;15-14-;;10-9+. The van der Waals surface area contributed by atoms with Gasteiger partial charge in [-0.2, -0.15) is 0 Å². The number of aromatic nitrogens is 3. The molecule has 568 valence electrons. The number of pyridine rings is 1. The normalized spacial score (nSPS) is 13.5. The van der Waals surface area contributed by atoms with Crippen molar-refractivity contribution in [2.24, 2.45) is 5.41 Å². The molecule has 0 bridgehead atoms. The number of aryl methyl sites for hydroxylation is 3. The number of rotatable bonds is 35. The number of nitrogens with zero attached hydrogens (tertiary/aromatic N) is 6. The number of ketones is 1. The average molecular weight is 1500 g/mol. The Bertz CT molecular complexity index is 3930. The van der Waals surface area contributed by atoms with E-state index in [0.29, 0.717) is 49.7 Å². The first-order valence-corrected chi connectivity index (χ1v) is 39.6. The number of hydrogen-bond acceptors (Lipinski definition) is 15. The summed E-state index contributed by atoms with van der Waals surface area (Å²) in [5, 5.41) is 24.1. The number of thioether (sulfide) groups is 1. The van der Waals surface area contributed by atoms with Crippen molar-refractivity contribution in [3.05, 3.63) is 227 Å². The number of aliphatic hydroxyl groups is 1. The van der Waals surface area contributed by atoms with E-state index in [0.717, 1.165) is 124 Å². The third-order valence-electron chi connectivity index (χ3n) is 16.7. The van der Waals surface area contributed by atoms with Gasteiger partial charge in [-0.1, -0.05) is 165 Å². The molecule has 9 rings (SSSR count). The van der Waals surface area contributed by atoms with Crippen molar-refractivity contribution < 1.29 is 33.8 Å². The highest BCUT2D eigenvalue weighted by atomic mass is 32.2. The van der Waals surface area contributed by atoms with Crippen LogP contribution in [0.1, 0.15) is 142 Å². The van der Waals surface area contributed by atoms with Crippen molar-refractivity contribution in [3.8, 4) is 11.6 Å². The van der Waals surface area contributed by atoms with Crippen molar-refractivity contribution in [3.63, 3.8) is 0 Å². The van der Waals surface area contributed by atoms with Crippen LogP contribution in [0.4, 0.5) is 5.69 Å². The molecule has 2 atom stereocenters. The van der Waals surface area contributed by atoms with Crippen molar-refractivity contribution in [2.45, 2.75) is 161 Å². The van der Waals surface area contributed by atoms with Gasteiger partial charge in [0.1, 0.15) is 16.5 Å². The molecule has 1 aliphatic rings. The first kappa shape index (κ1) is 86.6. The molecule has 106 heavy (non-hydrogen) atoms. The van der Waals surface area contributed by atoms with Crippen molar-refractivity contribution in [1.82, 2.24) is 40.1 Å². The minimum atomic E-state index is -0.285. The van der Waals surface area contributed by atoms with Gasteiger partial charge < -0.3 is 45.2 Å². The first-order valence-electron chi connectivity index (χ1n) is 37.0. The van der Waals surface area contributed by atoms with E-state index in [4.69, 9.17) is 9.47 Å². The number of benzene rings is 6. The summed E-state index contributed by atoms with van der Waals surface area (Å²) in [5.74, 6) is 2.16.